The van der Waals surface area contributed by atoms with Crippen molar-refractivity contribution in [1.82, 2.24) is 29.5 Å². The highest BCUT2D eigenvalue weighted by molar-refractivity contribution is 5.92. The van der Waals surface area contributed by atoms with Gasteiger partial charge in [-0.05, 0) is 42.3 Å². The number of carbonyl (C=O) groups is 1. The molecule has 0 radical (unpaired) electrons. The fourth-order valence-corrected chi connectivity index (χ4v) is 4.70. The quantitative estimate of drug-likeness (QED) is 0.297. The molecule has 3 heterocycles. The Bertz CT molecular complexity index is 1710. The second kappa shape index (κ2) is 10.3. The highest BCUT2D eigenvalue weighted by Crippen LogP contribution is 2.29. The minimum atomic E-state index is -0.334. The summed E-state index contributed by atoms with van der Waals surface area (Å²) in [6.07, 6.45) is 3.31. The smallest absolute Gasteiger partial charge is 0.226 e. The van der Waals surface area contributed by atoms with E-state index < -0.39 is 0 Å². The highest BCUT2D eigenvalue weighted by Gasteiger charge is 2.21. The summed E-state index contributed by atoms with van der Waals surface area (Å²) in [6, 6.07) is 27.8. The van der Waals surface area contributed by atoms with Crippen molar-refractivity contribution in [3.05, 3.63) is 126 Å². The van der Waals surface area contributed by atoms with Gasteiger partial charge in [-0.1, -0.05) is 60.7 Å². The fraction of sp³-hybridized carbons (Fsp3) is 0.100. The van der Waals surface area contributed by atoms with Crippen LogP contribution in [-0.4, -0.2) is 35.4 Å². The summed E-state index contributed by atoms with van der Waals surface area (Å²) in [5, 5.41) is 12.7. The van der Waals surface area contributed by atoms with E-state index in [1.165, 1.54) is 18.5 Å². The predicted molar refractivity (Wildman–Crippen MR) is 146 cm³/mol. The van der Waals surface area contributed by atoms with Gasteiger partial charge in [-0.15, -0.1) is 0 Å². The Balaban J connectivity index is 1.32. The average Bonchev–Trinajstić information content (AvgIpc) is 3.56. The van der Waals surface area contributed by atoms with Crippen molar-refractivity contribution in [2.45, 2.75) is 19.3 Å². The highest BCUT2D eigenvalue weighted by atomic mass is 19.1. The van der Waals surface area contributed by atoms with Crippen LogP contribution in [-0.2, 0) is 4.79 Å². The normalized spacial score (nSPS) is 11.3. The number of hydrogen-bond donors (Lipinski definition) is 1. The van der Waals surface area contributed by atoms with E-state index in [2.05, 4.69) is 25.5 Å². The predicted octanol–water partition coefficient (Wildman–Crippen LogP) is 5.61. The van der Waals surface area contributed by atoms with Gasteiger partial charge < -0.3 is 5.32 Å². The first-order valence-electron chi connectivity index (χ1n) is 12.5. The van der Waals surface area contributed by atoms with E-state index in [4.69, 9.17) is 0 Å². The van der Waals surface area contributed by atoms with Crippen LogP contribution in [0.3, 0.4) is 0 Å². The summed E-state index contributed by atoms with van der Waals surface area (Å²) in [7, 11) is 0. The molecule has 0 fully saturated rings. The van der Waals surface area contributed by atoms with Gasteiger partial charge in [0.25, 0.3) is 0 Å². The molecule has 0 unspecified atom stereocenters. The Kier molecular flexibility index (Phi) is 6.38. The van der Waals surface area contributed by atoms with Crippen LogP contribution >= 0.6 is 0 Å². The van der Waals surface area contributed by atoms with E-state index >= 15 is 0 Å². The number of amides is 1. The third-order valence-corrected chi connectivity index (χ3v) is 6.51. The van der Waals surface area contributed by atoms with Crippen LogP contribution in [0.15, 0.2) is 104 Å². The van der Waals surface area contributed by atoms with Crippen molar-refractivity contribution in [2.24, 2.45) is 0 Å². The van der Waals surface area contributed by atoms with Crippen LogP contribution < -0.4 is 5.32 Å². The molecule has 0 bridgehead atoms. The van der Waals surface area contributed by atoms with E-state index in [1.807, 2.05) is 67.6 Å². The summed E-state index contributed by atoms with van der Waals surface area (Å²) in [5.41, 5.74) is 4.04. The summed E-state index contributed by atoms with van der Waals surface area (Å²) in [4.78, 5) is 22.3. The molecule has 192 valence electrons. The minimum absolute atomic E-state index is 0.107. The van der Waals surface area contributed by atoms with E-state index in [1.54, 1.807) is 33.8 Å². The van der Waals surface area contributed by atoms with Gasteiger partial charge in [0.2, 0.25) is 5.91 Å². The van der Waals surface area contributed by atoms with E-state index in [0.29, 0.717) is 34.1 Å². The number of carbonyl (C=O) groups excluding carboxylic acids is 1. The number of aryl methyl sites for hydroxylation is 1. The van der Waals surface area contributed by atoms with Crippen LogP contribution in [0.4, 0.5) is 10.2 Å². The molecule has 0 saturated carbocycles. The zero-order chi connectivity index (χ0) is 26.8. The van der Waals surface area contributed by atoms with E-state index in [9.17, 15) is 9.18 Å². The van der Waals surface area contributed by atoms with Crippen LogP contribution in [0.2, 0.25) is 0 Å². The van der Waals surface area contributed by atoms with Crippen molar-refractivity contribution in [2.75, 3.05) is 5.32 Å². The first kappa shape index (κ1) is 24.2. The molecule has 0 atom stereocenters. The standard InChI is InChI=1S/C30H24FN7O/c1-20-16-27(35-28(39)17-25(21-8-4-2-5-9-21)22-10-6-3-7-11-22)38(36-20)30-26-18-34-37(29(26)32-19-33-30)24-14-12-23(31)13-15-24/h2-16,18-19,25H,17H2,1H3,(H,35,39). The summed E-state index contributed by atoms with van der Waals surface area (Å²) in [6.45, 7) is 1.85. The molecular weight excluding hydrogens is 493 g/mol. The van der Waals surface area contributed by atoms with Crippen LogP contribution in [0.25, 0.3) is 22.5 Å². The molecule has 0 aliphatic rings. The number of fused-ring (bicyclic) bond motifs is 1. The van der Waals surface area contributed by atoms with Crippen LogP contribution in [0.5, 0.6) is 0 Å². The van der Waals surface area contributed by atoms with Gasteiger partial charge in [0.15, 0.2) is 11.5 Å². The lowest BCUT2D eigenvalue weighted by Gasteiger charge is -2.18. The molecule has 0 aliphatic carbocycles. The Morgan fingerprint density at radius 2 is 1.56 bits per heavy atom. The molecule has 39 heavy (non-hydrogen) atoms. The van der Waals surface area contributed by atoms with Crippen LogP contribution in [0.1, 0.15) is 29.2 Å². The van der Waals surface area contributed by atoms with Crippen molar-refractivity contribution in [1.29, 1.82) is 0 Å². The van der Waals surface area contributed by atoms with Crippen molar-refractivity contribution in [3.63, 3.8) is 0 Å². The second-order valence-corrected chi connectivity index (χ2v) is 9.18. The summed E-state index contributed by atoms with van der Waals surface area (Å²) in [5.74, 6) is 0.372. The maximum atomic E-state index is 13.4. The number of hydrogen-bond acceptors (Lipinski definition) is 5. The van der Waals surface area contributed by atoms with Crippen molar-refractivity contribution >= 4 is 22.8 Å². The Morgan fingerprint density at radius 1 is 0.897 bits per heavy atom. The molecule has 3 aromatic carbocycles. The SMILES string of the molecule is Cc1cc(NC(=O)CC(c2ccccc2)c2ccccc2)n(-c2ncnc3c2cnn3-c2ccc(F)cc2)n1. The second-order valence-electron chi connectivity index (χ2n) is 9.18. The molecule has 6 rings (SSSR count). The molecule has 3 aromatic heterocycles. The van der Waals surface area contributed by atoms with Gasteiger partial charge in [-0.25, -0.2) is 19.0 Å². The number of aromatic nitrogens is 6. The fourth-order valence-electron chi connectivity index (χ4n) is 4.70. The van der Waals surface area contributed by atoms with Gasteiger partial charge in [-0.3, -0.25) is 4.79 Å². The average molecular weight is 518 g/mol. The third-order valence-electron chi connectivity index (χ3n) is 6.51. The molecule has 1 N–H and O–H groups in total. The number of benzene rings is 3. The first-order valence-corrected chi connectivity index (χ1v) is 12.5. The van der Waals surface area contributed by atoms with E-state index in [0.717, 1.165) is 11.1 Å². The lowest BCUT2D eigenvalue weighted by Crippen LogP contribution is -2.19. The van der Waals surface area contributed by atoms with E-state index in [-0.39, 0.29) is 24.1 Å². The van der Waals surface area contributed by atoms with Crippen molar-refractivity contribution in [3.8, 4) is 11.5 Å². The molecular formula is C30H24FN7O. The number of anilines is 1. The molecule has 0 aliphatic heterocycles. The summed E-state index contributed by atoms with van der Waals surface area (Å²) < 4.78 is 16.7. The lowest BCUT2D eigenvalue weighted by molar-refractivity contribution is -0.116. The Hall–Kier alpha value is -5.18. The van der Waals surface area contributed by atoms with Gasteiger partial charge in [0.05, 0.1) is 23.0 Å². The zero-order valence-corrected chi connectivity index (χ0v) is 21.1. The number of rotatable bonds is 7. The van der Waals surface area contributed by atoms with Gasteiger partial charge in [0.1, 0.15) is 18.0 Å². The van der Waals surface area contributed by atoms with Gasteiger partial charge in [0, 0.05) is 18.4 Å². The number of halogens is 1. The zero-order valence-electron chi connectivity index (χ0n) is 21.1. The third kappa shape index (κ3) is 4.89. The maximum absolute atomic E-state index is 13.4. The Labute approximate surface area is 223 Å². The molecule has 0 saturated heterocycles. The molecule has 9 heteroatoms. The maximum Gasteiger partial charge on any atom is 0.226 e. The van der Waals surface area contributed by atoms with Gasteiger partial charge in [-0.2, -0.15) is 14.9 Å². The molecule has 1 amide bonds. The first-order chi connectivity index (χ1) is 19.1. The lowest BCUT2D eigenvalue weighted by atomic mass is 9.88. The minimum Gasteiger partial charge on any atom is -0.310 e. The van der Waals surface area contributed by atoms with Gasteiger partial charge >= 0.3 is 0 Å². The molecule has 0 spiro atoms. The molecule has 6 aromatic rings. The largest absolute Gasteiger partial charge is 0.310 e. The van der Waals surface area contributed by atoms with Crippen LogP contribution in [0, 0.1) is 12.7 Å². The molecule has 8 nitrogen and oxygen atoms in total. The topological polar surface area (TPSA) is 90.5 Å². The van der Waals surface area contributed by atoms with Crippen molar-refractivity contribution < 1.29 is 9.18 Å². The monoisotopic (exact) mass is 517 g/mol. The Morgan fingerprint density at radius 3 is 2.23 bits per heavy atom. The number of nitrogens with zero attached hydrogens (tertiary/aromatic N) is 6. The summed E-state index contributed by atoms with van der Waals surface area (Å²) >= 11 is 0. The number of nitrogens with one attached hydrogen (secondary N) is 1.